The van der Waals surface area contributed by atoms with Gasteiger partial charge in [0.1, 0.15) is 12.3 Å². The normalized spacial score (nSPS) is 15.2. The van der Waals surface area contributed by atoms with Crippen molar-refractivity contribution in [2.24, 2.45) is 0 Å². The van der Waals surface area contributed by atoms with Crippen LogP contribution in [0.3, 0.4) is 0 Å². The highest BCUT2D eigenvalue weighted by molar-refractivity contribution is 7.92. The molecule has 2 aromatic rings. The Bertz CT molecular complexity index is 1040. The maximum atomic E-state index is 12.7. The number of halogens is 1. The van der Waals surface area contributed by atoms with E-state index in [4.69, 9.17) is 16.3 Å². The third-order valence-corrected chi connectivity index (χ3v) is 7.04. The molecule has 0 spiro atoms. The summed E-state index contributed by atoms with van der Waals surface area (Å²) in [5.41, 5.74) is 2.44. The lowest BCUT2D eigenvalue weighted by Crippen LogP contribution is -2.41. The van der Waals surface area contributed by atoms with Gasteiger partial charge in [0, 0.05) is 18.8 Å². The van der Waals surface area contributed by atoms with E-state index in [1.807, 2.05) is 19.1 Å². The fourth-order valence-corrected chi connectivity index (χ4v) is 4.94. The first-order valence-electron chi connectivity index (χ1n) is 10.6. The number of rotatable bonds is 8. The monoisotopic (exact) mass is 479 g/mol. The van der Waals surface area contributed by atoms with Crippen LogP contribution in [0.1, 0.15) is 37.8 Å². The Morgan fingerprint density at radius 3 is 2.38 bits per heavy atom. The SMILES string of the molecule is COc1ccc(N(CC(=O)NC(C)c2ccc(N3CCCCC3)cc2)S(C)(=O)=O)cc1Cl. The lowest BCUT2D eigenvalue weighted by Gasteiger charge is -2.29. The Kier molecular flexibility index (Phi) is 7.90. The number of piperidine rings is 1. The van der Waals surface area contributed by atoms with Crippen LogP contribution >= 0.6 is 11.6 Å². The molecule has 1 aliphatic heterocycles. The molecule has 32 heavy (non-hydrogen) atoms. The number of carbonyl (C=O) groups is 1. The van der Waals surface area contributed by atoms with Crippen molar-refractivity contribution in [3.63, 3.8) is 0 Å². The number of sulfonamides is 1. The molecule has 7 nitrogen and oxygen atoms in total. The van der Waals surface area contributed by atoms with Gasteiger partial charge < -0.3 is 15.0 Å². The molecule has 1 unspecified atom stereocenters. The maximum absolute atomic E-state index is 12.7. The Balaban J connectivity index is 1.67. The summed E-state index contributed by atoms with van der Waals surface area (Å²) in [5.74, 6) is 0.0184. The van der Waals surface area contributed by atoms with Crippen LogP contribution in [0.4, 0.5) is 11.4 Å². The number of nitrogens with zero attached hydrogens (tertiary/aromatic N) is 2. The molecule has 174 valence electrons. The summed E-state index contributed by atoms with van der Waals surface area (Å²) < 4.78 is 30.8. The highest BCUT2D eigenvalue weighted by Gasteiger charge is 2.23. The van der Waals surface area contributed by atoms with Crippen LogP contribution in [-0.4, -0.2) is 47.3 Å². The fraction of sp³-hybridized carbons (Fsp3) is 0.435. The van der Waals surface area contributed by atoms with Crippen molar-refractivity contribution in [2.75, 3.05) is 42.2 Å². The number of anilines is 2. The lowest BCUT2D eigenvalue weighted by atomic mass is 10.1. The molecule has 1 saturated heterocycles. The average molecular weight is 480 g/mol. The van der Waals surface area contributed by atoms with E-state index in [1.165, 1.54) is 38.1 Å². The van der Waals surface area contributed by atoms with Gasteiger partial charge in [-0.15, -0.1) is 0 Å². The van der Waals surface area contributed by atoms with Crippen LogP contribution < -0.4 is 19.3 Å². The van der Waals surface area contributed by atoms with Crippen LogP contribution in [0, 0.1) is 0 Å². The van der Waals surface area contributed by atoms with Crippen LogP contribution in [0.15, 0.2) is 42.5 Å². The van der Waals surface area contributed by atoms with Gasteiger partial charge in [0.25, 0.3) is 0 Å². The maximum Gasteiger partial charge on any atom is 0.241 e. The second-order valence-corrected chi connectivity index (χ2v) is 10.3. The van der Waals surface area contributed by atoms with Crippen molar-refractivity contribution < 1.29 is 17.9 Å². The van der Waals surface area contributed by atoms with Crippen molar-refractivity contribution in [1.82, 2.24) is 5.32 Å². The topological polar surface area (TPSA) is 79.0 Å². The zero-order valence-corrected chi connectivity index (χ0v) is 20.2. The van der Waals surface area contributed by atoms with E-state index in [2.05, 4.69) is 22.3 Å². The molecule has 1 N–H and O–H groups in total. The number of hydrogen-bond acceptors (Lipinski definition) is 5. The summed E-state index contributed by atoms with van der Waals surface area (Å²) in [6.45, 7) is 3.67. The number of benzene rings is 2. The van der Waals surface area contributed by atoms with Gasteiger partial charge in [-0.1, -0.05) is 23.7 Å². The minimum absolute atomic E-state index is 0.265. The van der Waals surface area contributed by atoms with Crippen molar-refractivity contribution in [2.45, 2.75) is 32.2 Å². The molecule has 0 aliphatic carbocycles. The molecule has 1 atom stereocenters. The zero-order valence-electron chi connectivity index (χ0n) is 18.7. The van der Waals surface area contributed by atoms with E-state index in [0.29, 0.717) is 11.4 Å². The van der Waals surface area contributed by atoms with Gasteiger partial charge in [0.2, 0.25) is 15.9 Å². The highest BCUT2D eigenvalue weighted by Crippen LogP contribution is 2.30. The molecule has 1 amide bonds. The standard InChI is InChI=1S/C23H30ClN3O4S/c1-17(18-7-9-19(10-8-18)26-13-5-4-6-14-26)25-23(28)16-27(32(3,29)30)20-11-12-22(31-2)21(24)15-20/h7-12,15,17H,4-6,13-14,16H2,1-3H3,(H,25,28). The molecular weight excluding hydrogens is 450 g/mol. The second kappa shape index (κ2) is 10.4. The van der Waals surface area contributed by atoms with Gasteiger partial charge in [0.05, 0.1) is 30.1 Å². The third-order valence-electron chi connectivity index (χ3n) is 5.60. The predicted octanol–water partition coefficient (Wildman–Crippen LogP) is 3.98. The molecule has 0 bridgehead atoms. The van der Waals surface area contributed by atoms with Crippen molar-refractivity contribution in [3.8, 4) is 5.75 Å². The molecule has 0 aromatic heterocycles. The molecular formula is C23H30ClN3O4S. The van der Waals surface area contributed by atoms with Gasteiger partial charge in [-0.3, -0.25) is 9.10 Å². The molecule has 1 fully saturated rings. The summed E-state index contributed by atoms with van der Waals surface area (Å²) in [6, 6.07) is 12.5. The van der Waals surface area contributed by atoms with E-state index in [-0.39, 0.29) is 17.6 Å². The second-order valence-electron chi connectivity index (χ2n) is 8.02. The number of carbonyl (C=O) groups excluding carboxylic acids is 1. The number of hydrogen-bond donors (Lipinski definition) is 1. The van der Waals surface area contributed by atoms with Gasteiger partial charge in [-0.25, -0.2) is 8.42 Å². The molecule has 3 rings (SSSR count). The van der Waals surface area contributed by atoms with Gasteiger partial charge in [-0.05, 0) is 62.1 Å². The van der Waals surface area contributed by atoms with Crippen molar-refractivity contribution in [1.29, 1.82) is 0 Å². The van der Waals surface area contributed by atoms with Crippen molar-refractivity contribution in [3.05, 3.63) is 53.1 Å². The lowest BCUT2D eigenvalue weighted by molar-refractivity contribution is -0.120. The molecule has 0 saturated carbocycles. The van der Waals surface area contributed by atoms with Crippen LogP contribution in [-0.2, 0) is 14.8 Å². The van der Waals surface area contributed by atoms with E-state index in [9.17, 15) is 13.2 Å². The summed E-state index contributed by atoms with van der Waals surface area (Å²) in [6.07, 6.45) is 4.76. The average Bonchev–Trinajstić information content (AvgIpc) is 2.77. The zero-order chi connectivity index (χ0) is 23.3. The molecule has 0 radical (unpaired) electrons. The van der Waals surface area contributed by atoms with E-state index >= 15 is 0 Å². The fourth-order valence-electron chi connectivity index (χ4n) is 3.84. The Labute approximate surface area is 195 Å². The first-order chi connectivity index (χ1) is 15.2. The third kappa shape index (κ3) is 6.07. The summed E-state index contributed by atoms with van der Waals surface area (Å²) >= 11 is 6.14. The predicted molar refractivity (Wildman–Crippen MR) is 129 cm³/mol. The minimum Gasteiger partial charge on any atom is -0.495 e. The Morgan fingerprint density at radius 1 is 1.16 bits per heavy atom. The van der Waals surface area contributed by atoms with E-state index in [0.717, 1.165) is 29.2 Å². The highest BCUT2D eigenvalue weighted by atomic mass is 35.5. The largest absolute Gasteiger partial charge is 0.495 e. The van der Waals surface area contributed by atoms with Gasteiger partial charge >= 0.3 is 0 Å². The summed E-state index contributed by atoms with van der Waals surface area (Å²) in [4.78, 5) is 15.1. The summed E-state index contributed by atoms with van der Waals surface area (Å²) in [5, 5.41) is 3.15. The quantitative estimate of drug-likeness (QED) is 0.619. The minimum atomic E-state index is -3.70. The van der Waals surface area contributed by atoms with Gasteiger partial charge in [0.15, 0.2) is 0 Å². The number of methoxy groups -OCH3 is 1. The summed E-state index contributed by atoms with van der Waals surface area (Å²) in [7, 11) is -2.23. The van der Waals surface area contributed by atoms with E-state index < -0.39 is 15.9 Å². The molecule has 2 aromatic carbocycles. The number of ether oxygens (including phenoxy) is 1. The molecule has 1 heterocycles. The van der Waals surface area contributed by atoms with Crippen LogP contribution in [0.2, 0.25) is 5.02 Å². The Hall–Kier alpha value is -2.45. The Morgan fingerprint density at radius 2 is 1.81 bits per heavy atom. The molecule has 9 heteroatoms. The van der Waals surface area contributed by atoms with Gasteiger partial charge in [-0.2, -0.15) is 0 Å². The van der Waals surface area contributed by atoms with Crippen LogP contribution in [0.5, 0.6) is 5.75 Å². The van der Waals surface area contributed by atoms with E-state index in [1.54, 1.807) is 12.1 Å². The molecule has 1 aliphatic rings. The number of amides is 1. The first kappa shape index (κ1) is 24.2. The van der Waals surface area contributed by atoms with Crippen LogP contribution in [0.25, 0.3) is 0 Å². The van der Waals surface area contributed by atoms with Crippen molar-refractivity contribution >= 4 is 38.9 Å². The first-order valence-corrected chi connectivity index (χ1v) is 12.9. The smallest absolute Gasteiger partial charge is 0.241 e. The number of nitrogens with one attached hydrogen (secondary N) is 1.